The fourth-order valence-corrected chi connectivity index (χ4v) is 3.78. The maximum Gasteiger partial charge on any atom is 0.188 e. The quantitative estimate of drug-likeness (QED) is 0.481. The van der Waals surface area contributed by atoms with Crippen molar-refractivity contribution in [1.29, 1.82) is 0 Å². The summed E-state index contributed by atoms with van der Waals surface area (Å²) in [7, 11) is -0.887. The summed E-state index contributed by atoms with van der Waals surface area (Å²) in [4.78, 5) is 4.32. The van der Waals surface area contributed by atoms with Gasteiger partial charge in [0, 0.05) is 28.3 Å². The third-order valence-electron chi connectivity index (χ3n) is 3.98. The van der Waals surface area contributed by atoms with Crippen LogP contribution in [0.3, 0.4) is 0 Å². The van der Waals surface area contributed by atoms with Gasteiger partial charge in [-0.05, 0) is 18.4 Å². The minimum atomic E-state index is -0.887. The number of nitrogens with zero attached hydrogens (tertiary/aromatic N) is 1. The molecule has 1 fully saturated rings. The van der Waals surface area contributed by atoms with E-state index < -0.39 is 10.8 Å². The molecule has 22 heavy (non-hydrogen) atoms. The first-order valence-electron chi connectivity index (χ1n) is 8.19. The normalized spacial score (nSPS) is 18.6. The van der Waals surface area contributed by atoms with E-state index in [-0.39, 0.29) is 0 Å². The van der Waals surface area contributed by atoms with Crippen molar-refractivity contribution in [1.82, 2.24) is 5.32 Å². The van der Waals surface area contributed by atoms with E-state index in [1.807, 2.05) is 30.3 Å². The fourth-order valence-electron chi connectivity index (χ4n) is 2.78. The van der Waals surface area contributed by atoms with Crippen LogP contribution in [0.5, 0.6) is 0 Å². The third-order valence-corrected chi connectivity index (χ3v) is 5.27. The molecule has 1 aromatic carbocycles. The molecule has 0 radical (unpaired) electrons. The Morgan fingerprint density at radius 3 is 2.55 bits per heavy atom. The van der Waals surface area contributed by atoms with Gasteiger partial charge < -0.3 is 11.1 Å². The van der Waals surface area contributed by atoms with Crippen molar-refractivity contribution in [2.24, 2.45) is 10.7 Å². The van der Waals surface area contributed by atoms with Crippen molar-refractivity contribution >= 4 is 16.8 Å². The summed E-state index contributed by atoms with van der Waals surface area (Å²) < 4.78 is 12.0. The Balaban J connectivity index is 1.68. The molecule has 0 aromatic heterocycles. The molecule has 3 N–H and O–H groups in total. The van der Waals surface area contributed by atoms with Gasteiger partial charge in [-0.15, -0.1) is 0 Å². The van der Waals surface area contributed by atoms with E-state index in [2.05, 4.69) is 10.3 Å². The second-order valence-electron chi connectivity index (χ2n) is 5.87. The lowest BCUT2D eigenvalue weighted by atomic mass is 10.1. The van der Waals surface area contributed by atoms with Crippen LogP contribution < -0.4 is 11.1 Å². The number of hydrogen-bond donors (Lipinski definition) is 2. The first-order chi connectivity index (χ1) is 10.7. The number of nitrogens with two attached hydrogens (primary N) is 1. The van der Waals surface area contributed by atoms with E-state index in [0.717, 1.165) is 5.56 Å². The van der Waals surface area contributed by atoms with Gasteiger partial charge in [-0.3, -0.25) is 9.20 Å². The van der Waals surface area contributed by atoms with Crippen molar-refractivity contribution in [2.75, 3.05) is 12.3 Å². The molecule has 0 heterocycles. The average Bonchev–Trinajstić information content (AvgIpc) is 2.77. The molecule has 122 valence electrons. The van der Waals surface area contributed by atoms with E-state index in [1.54, 1.807) is 0 Å². The highest BCUT2D eigenvalue weighted by atomic mass is 32.2. The summed E-state index contributed by atoms with van der Waals surface area (Å²) in [5, 5.41) is 3.31. The summed E-state index contributed by atoms with van der Waals surface area (Å²) in [6.45, 7) is 0.519. The first kappa shape index (κ1) is 17.0. The maximum atomic E-state index is 12.0. The minimum Gasteiger partial charge on any atom is -0.370 e. The molecular weight excluding hydrogens is 294 g/mol. The Morgan fingerprint density at radius 1 is 1.18 bits per heavy atom. The third kappa shape index (κ3) is 6.60. The van der Waals surface area contributed by atoms with Crippen molar-refractivity contribution in [3.8, 4) is 0 Å². The van der Waals surface area contributed by atoms with Crippen LogP contribution >= 0.6 is 0 Å². The monoisotopic (exact) mass is 321 g/mol. The lowest BCUT2D eigenvalue weighted by molar-refractivity contribution is 0.530. The van der Waals surface area contributed by atoms with Gasteiger partial charge >= 0.3 is 0 Å². The Hall–Kier alpha value is -1.36. The zero-order valence-electron chi connectivity index (χ0n) is 13.2. The molecule has 2 rings (SSSR count). The number of guanidine groups is 1. The topological polar surface area (TPSA) is 67.5 Å². The average molecular weight is 321 g/mol. The van der Waals surface area contributed by atoms with Crippen LogP contribution in [0.15, 0.2) is 35.3 Å². The molecule has 0 saturated heterocycles. The van der Waals surface area contributed by atoms with Crippen molar-refractivity contribution in [2.45, 2.75) is 50.3 Å². The highest BCUT2D eigenvalue weighted by Gasteiger charge is 2.12. The van der Waals surface area contributed by atoms with Crippen LogP contribution in [-0.2, 0) is 16.6 Å². The van der Waals surface area contributed by atoms with Crippen LogP contribution in [0.25, 0.3) is 0 Å². The lowest BCUT2D eigenvalue weighted by Gasteiger charge is -2.16. The van der Waals surface area contributed by atoms with Gasteiger partial charge in [0.05, 0.1) is 6.54 Å². The molecule has 1 unspecified atom stereocenters. The van der Waals surface area contributed by atoms with Crippen LogP contribution in [0.4, 0.5) is 0 Å². The SMILES string of the molecule is NC(=NCCS(=O)Cc1ccccc1)NC1CCCCCC1. The summed E-state index contributed by atoms with van der Waals surface area (Å²) in [5.41, 5.74) is 7.04. The number of hydrogen-bond acceptors (Lipinski definition) is 2. The fraction of sp³-hybridized carbons (Fsp3) is 0.588. The molecule has 4 nitrogen and oxygen atoms in total. The number of benzene rings is 1. The Labute approximate surface area is 136 Å². The van der Waals surface area contributed by atoms with Crippen molar-refractivity contribution in [3.05, 3.63) is 35.9 Å². The second kappa shape index (κ2) is 9.62. The Kier molecular flexibility index (Phi) is 7.43. The van der Waals surface area contributed by atoms with Gasteiger partial charge in [0.2, 0.25) is 0 Å². The molecule has 1 saturated carbocycles. The predicted octanol–water partition coefficient (Wildman–Crippen LogP) is 2.56. The van der Waals surface area contributed by atoms with Gasteiger partial charge in [-0.1, -0.05) is 56.0 Å². The zero-order valence-corrected chi connectivity index (χ0v) is 14.0. The molecule has 1 aliphatic rings. The van der Waals surface area contributed by atoms with E-state index >= 15 is 0 Å². The van der Waals surface area contributed by atoms with Gasteiger partial charge in [-0.25, -0.2) is 0 Å². The maximum absolute atomic E-state index is 12.0. The minimum absolute atomic E-state index is 0.459. The van der Waals surface area contributed by atoms with E-state index in [1.165, 1.54) is 38.5 Å². The lowest BCUT2D eigenvalue weighted by Crippen LogP contribution is -2.40. The zero-order chi connectivity index (χ0) is 15.6. The number of aliphatic imine (C=N–C) groups is 1. The van der Waals surface area contributed by atoms with E-state index in [0.29, 0.717) is 30.1 Å². The van der Waals surface area contributed by atoms with Crippen molar-refractivity contribution in [3.63, 3.8) is 0 Å². The summed E-state index contributed by atoms with van der Waals surface area (Å²) >= 11 is 0. The largest absolute Gasteiger partial charge is 0.370 e. The number of rotatable bonds is 6. The molecule has 0 amide bonds. The van der Waals surface area contributed by atoms with Crippen LogP contribution in [0, 0.1) is 0 Å². The molecule has 5 heteroatoms. The molecule has 1 aliphatic carbocycles. The van der Waals surface area contributed by atoms with Crippen LogP contribution in [0.2, 0.25) is 0 Å². The Morgan fingerprint density at radius 2 is 1.86 bits per heavy atom. The molecule has 1 atom stereocenters. The number of nitrogens with one attached hydrogen (secondary N) is 1. The summed E-state index contributed by atoms with van der Waals surface area (Å²) in [5.74, 6) is 1.65. The summed E-state index contributed by atoms with van der Waals surface area (Å²) in [6.07, 6.45) is 7.55. The first-order valence-corrected chi connectivity index (χ1v) is 9.68. The second-order valence-corrected chi connectivity index (χ2v) is 7.45. The Bertz CT molecular complexity index is 482. The predicted molar refractivity (Wildman–Crippen MR) is 94.3 cm³/mol. The van der Waals surface area contributed by atoms with Crippen LogP contribution in [-0.4, -0.2) is 28.5 Å². The van der Waals surface area contributed by atoms with Gasteiger partial charge in [0.25, 0.3) is 0 Å². The molecular formula is C17H27N3OS. The van der Waals surface area contributed by atoms with Gasteiger partial charge in [0.1, 0.15) is 0 Å². The molecule has 1 aromatic rings. The standard InChI is InChI=1S/C17H27N3OS/c18-17(20-16-10-6-1-2-7-11-16)19-12-13-22(21)14-15-8-4-3-5-9-15/h3-5,8-9,16H,1-2,6-7,10-14H2,(H3,18,19,20). The van der Waals surface area contributed by atoms with Gasteiger partial charge in [0.15, 0.2) is 5.96 Å². The smallest absolute Gasteiger partial charge is 0.188 e. The van der Waals surface area contributed by atoms with Crippen molar-refractivity contribution < 1.29 is 4.21 Å². The van der Waals surface area contributed by atoms with E-state index in [9.17, 15) is 4.21 Å². The van der Waals surface area contributed by atoms with E-state index in [4.69, 9.17) is 5.73 Å². The molecule has 0 aliphatic heterocycles. The molecule has 0 spiro atoms. The summed E-state index contributed by atoms with van der Waals surface area (Å²) in [6, 6.07) is 10.4. The van der Waals surface area contributed by atoms with Gasteiger partial charge in [-0.2, -0.15) is 0 Å². The highest BCUT2D eigenvalue weighted by molar-refractivity contribution is 7.84. The highest BCUT2D eigenvalue weighted by Crippen LogP contribution is 2.16. The molecule has 0 bridgehead atoms. The van der Waals surface area contributed by atoms with Crippen LogP contribution in [0.1, 0.15) is 44.1 Å².